The first-order chi connectivity index (χ1) is 7.62. The maximum absolute atomic E-state index is 13.3. The molecule has 1 N–H and O–H groups in total. The molecule has 1 unspecified atom stereocenters. The van der Waals surface area contributed by atoms with Gasteiger partial charge in [-0.2, -0.15) is 0 Å². The summed E-state index contributed by atoms with van der Waals surface area (Å²) in [5, 5.41) is 11.9. The van der Waals surface area contributed by atoms with E-state index in [4.69, 9.17) is 5.21 Å². The molecule has 0 saturated heterocycles. The van der Waals surface area contributed by atoms with Gasteiger partial charge in [-0.3, -0.25) is 4.98 Å². The Balaban J connectivity index is 2.29. The van der Waals surface area contributed by atoms with Crippen molar-refractivity contribution in [3.63, 3.8) is 0 Å². The summed E-state index contributed by atoms with van der Waals surface area (Å²) < 4.78 is 26.6. The number of aromatic nitrogens is 1. The Morgan fingerprint density at radius 1 is 1.44 bits per heavy atom. The van der Waals surface area contributed by atoms with Crippen molar-refractivity contribution in [2.24, 2.45) is 5.16 Å². The third kappa shape index (κ3) is 2.18. The molecular weight excluding hydrogens is 214 g/mol. The third-order valence-electron chi connectivity index (χ3n) is 2.83. The summed E-state index contributed by atoms with van der Waals surface area (Å²) in [6.45, 7) is 0. The van der Waals surface area contributed by atoms with Gasteiger partial charge in [-0.15, -0.1) is 0 Å². The van der Waals surface area contributed by atoms with Crippen LogP contribution in [-0.2, 0) is 0 Å². The number of hydrogen-bond donors (Lipinski definition) is 1. The minimum atomic E-state index is -2.70. The first kappa shape index (κ1) is 11.0. The highest BCUT2D eigenvalue weighted by atomic mass is 19.3. The molecule has 86 valence electrons. The molecule has 0 radical (unpaired) electrons. The van der Waals surface area contributed by atoms with Crippen LogP contribution in [-0.4, -0.2) is 21.8 Å². The number of alkyl halides is 2. The van der Waals surface area contributed by atoms with E-state index in [9.17, 15) is 8.78 Å². The highest BCUT2D eigenvalue weighted by molar-refractivity contribution is 5.91. The average Bonchev–Trinajstić information content (AvgIpc) is 2.29. The number of hydrogen-bond acceptors (Lipinski definition) is 3. The average molecular weight is 226 g/mol. The van der Waals surface area contributed by atoms with Crippen LogP contribution in [0, 0.1) is 0 Å². The van der Waals surface area contributed by atoms with Crippen LogP contribution in [0.25, 0.3) is 0 Å². The van der Waals surface area contributed by atoms with Gasteiger partial charge in [-0.25, -0.2) is 8.78 Å². The van der Waals surface area contributed by atoms with E-state index in [0.29, 0.717) is 11.4 Å². The van der Waals surface area contributed by atoms with Crippen molar-refractivity contribution in [3.8, 4) is 0 Å². The first-order valence-electron chi connectivity index (χ1n) is 5.12. The number of rotatable bonds is 1. The number of pyridine rings is 1. The van der Waals surface area contributed by atoms with Crippen LogP contribution >= 0.6 is 0 Å². The molecule has 1 atom stereocenters. The first-order valence-corrected chi connectivity index (χ1v) is 5.12. The molecule has 1 fully saturated rings. The summed E-state index contributed by atoms with van der Waals surface area (Å²) in [5.74, 6) is -3.27. The van der Waals surface area contributed by atoms with Gasteiger partial charge in [-0.1, -0.05) is 11.2 Å². The summed E-state index contributed by atoms with van der Waals surface area (Å²) in [6.07, 6.45) is 1.08. The number of oxime groups is 1. The van der Waals surface area contributed by atoms with E-state index >= 15 is 0 Å². The molecular formula is C11H12F2N2O. The van der Waals surface area contributed by atoms with E-state index in [1.807, 2.05) is 0 Å². The molecule has 0 aromatic carbocycles. The maximum Gasteiger partial charge on any atom is 0.249 e. The second-order valence-electron chi connectivity index (χ2n) is 3.96. The fourth-order valence-electron chi connectivity index (χ4n) is 1.98. The second-order valence-corrected chi connectivity index (χ2v) is 3.96. The van der Waals surface area contributed by atoms with Gasteiger partial charge in [0.1, 0.15) is 0 Å². The molecule has 0 spiro atoms. The minimum Gasteiger partial charge on any atom is -0.411 e. The Morgan fingerprint density at radius 2 is 2.25 bits per heavy atom. The van der Waals surface area contributed by atoms with Gasteiger partial charge in [0.2, 0.25) is 5.92 Å². The smallest absolute Gasteiger partial charge is 0.249 e. The second kappa shape index (κ2) is 4.15. The van der Waals surface area contributed by atoms with Crippen molar-refractivity contribution in [1.82, 2.24) is 4.98 Å². The monoisotopic (exact) mass is 226 g/mol. The van der Waals surface area contributed by atoms with E-state index in [0.717, 1.165) is 0 Å². The lowest BCUT2D eigenvalue weighted by Crippen LogP contribution is -2.31. The molecule has 1 heterocycles. The van der Waals surface area contributed by atoms with Crippen molar-refractivity contribution in [3.05, 3.63) is 30.1 Å². The molecule has 0 bridgehead atoms. The van der Waals surface area contributed by atoms with E-state index in [1.54, 1.807) is 24.4 Å². The van der Waals surface area contributed by atoms with Crippen molar-refractivity contribution in [2.75, 3.05) is 0 Å². The topological polar surface area (TPSA) is 45.5 Å². The van der Waals surface area contributed by atoms with Crippen LogP contribution in [0.5, 0.6) is 0 Å². The Hall–Kier alpha value is -1.52. The molecule has 1 saturated carbocycles. The zero-order valence-electron chi connectivity index (χ0n) is 8.61. The lowest BCUT2D eigenvalue weighted by Gasteiger charge is -2.29. The fraction of sp³-hybridized carbons (Fsp3) is 0.455. The predicted octanol–water partition coefficient (Wildman–Crippen LogP) is 2.81. The van der Waals surface area contributed by atoms with Crippen LogP contribution in [0.2, 0.25) is 0 Å². The van der Waals surface area contributed by atoms with Gasteiger partial charge < -0.3 is 5.21 Å². The molecule has 16 heavy (non-hydrogen) atoms. The highest BCUT2D eigenvalue weighted by Gasteiger charge is 2.41. The van der Waals surface area contributed by atoms with Gasteiger partial charge in [0.05, 0.1) is 5.71 Å². The zero-order valence-corrected chi connectivity index (χ0v) is 8.61. The highest BCUT2D eigenvalue weighted by Crippen LogP contribution is 2.39. The van der Waals surface area contributed by atoms with Gasteiger partial charge in [0, 0.05) is 30.7 Å². The molecule has 1 aromatic heterocycles. The van der Waals surface area contributed by atoms with Crippen LogP contribution in [0.3, 0.4) is 0 Å². The SMILES string of the molecule is ON=C1CCC(F)(F)CC1c1ccccn1. The molecule has 0 amide bonds. The van der Waals surface area contributed by atoms with Crippen molar-refractivity contribution < 1.29 is 14.0 Å². The van der Waals surface area contributed by atoms with Crippen LogP contribution < -0.4 is 0 Å². The maximum atomic E-state index is 13.3. The summed E-state index contributed by atoms with van der Waals surface area (Å²) in [4.78, 5) is 4.04. The van der Waals surface area contributed by atoms with E-state index in [-0.39, 0.29) is 19.3 Å². The van der Waals surface area contributed by atoms with E-state index in [2.05, 4.69) is 10.1 Å². The predicted molar refractivity (Wildman–Crippen MR) is 55.0 cm³/mol. The number of halogens is 2. The molecule has 0 aliphatic heterocycles. The van der Waals surface area contributed by atoms with Crippen molar-refractivity contribution in [1.29, 1.82) is 0 Å². The van der Waals surface area contributed by atoms with E-state index < -0.39 is 11.8 Å². The Labute approximate surface area is 91.8 Å². The fourth-order valence-corrected chi connectivity index (χ4v) is 1.98. The molecule has 2 rings (SSSR count). The van der Waals surface area contributed by atoms with Gasteiger partial charge >= 0.3 is 0 Å². The Morgan fingerprint density at radius 3 is 2.88 bits per heavy atom. The Kier molecular flexibility index (Phi) is 2.85. The molecule has 3 nitrogen and oxygen atoms in total. The van der Waals surface area contributed by atoms with Crippen molar-refractivity contribution >= 4 is 5.71 Å². The molecule has 5 heteroatoms. The molecule has 1 aliphatic carbocycles. The third-order valence-corrected chi connectivity index (χ3v) is 2.83. The largest absolute Gasteiger partial charge is 0.411 e. The number of nitrogens with zero attached hydrogens (tertiary/aromatic N) is 2. The lowest BCUT2D eigenvalue weighted by atomic mass is 9.82. The van der Waals surface area contributed by atoms with Crippen molar-refractivity contribution in [2.45, 2.75) is 31.1 Å². The van der Waals surface area contributed by atoms with Gasteiger partial charge in [-0.05, 0) is 18.6 Å². The lowest BCUT2D eigenvalue weighted by molar-refractivity contribution is -0.0235. The van der Waals surface area contributed by atoms with Gasteiger partial charge in [0.25, 0.3) is 0 Å². The molecule has 1 aromatic rings. The van der Waals surface area contributed by atoms with Gasteiger partial charge in [0.15, 0.2) is 0 Å². The van der Waals surface area contributed by atoms with Crippen LogP contribution in [0.1, 0.15) is 30.9 Å². The van der Waals surface area contributed by atoms with Crippen LogP contribution in [0.15, 0.2) is 29.6 Å². The van der Waals surface area contributed by atoms with Crippen LogP contribution in [0.4, 0.5) is 8.78 Å². The molecule has 1 aliphatic rings. The normalized spacial score (nSPS) is 26.9. The summed E-state index contributed by atoms with van der Waals surface area (Å²) in [7, 11) is 0. The summed E-state index contributed by atoms with van der Waals surface area (Å²) in [5.41, 5.74) is 0.930. The minimum absolute atomic E-state index is 0.116. The standard InChI is InChI=1S/C11H12F2N2O/c12-11(13)5-4-10(15-16)8(7-11)9-3-1-2-6-14-9/h1-3,6,8,16H,4-5,7H2. The summed E-state index contributed by atoms with van der Waals surface area (Å²) in [6, 6.07) is 5.14. The quantitative estimate of drug-likeness (QED) is 0.591. The van der Waals surface area contributed by atoms with E-state index in [1.165, 1.54) is 0 Å². The Bertz CT molecular complexity index is 392. The zero-order chi connectivity index (χ0) is 11.6. The summed E-state index contributed by atoms with van der Waals surface area (Å²) >= 11 is 0.